The van der Waals surface area contributed by atoms with Gasteiger partial charge < -0.3 is 35.5 Å². The van der Waals surface area contributed by atoms with E-state index in [1.54, 1.807) is 56.9 Å². The number of pyridine rings is 1. The molecule has 0 unspecified atom stereocenters. The van der Waals surface area contributed by atoms with Crippen molar-refractivity contribution in [3.05, 3.63) is 77.7 Å². The van der Waals surface area contributed by atoms with Gasteiger partial charge in [0.25, 0.3) is 0 Å². The Morgan fingerprint density at radius 3 is 2.39 bits per heavy atom. The van der Waals surface area contributed by atoms with Gasteiger partial charge in [-0.05, 0) is 35.9 Å². The number of urea groups is 1. The van der Waals surface area contributed by atoms with E-state index in [0.29, 0.717) is 51.7 Å². The monoisotopic (exact) mass is 535 g/mol. The Hall–Kier alpha value is -4.77. The van der Waals surface area contributed by atoms with Crippen molar-refractivity contribution in [2.75, 3.05) is 37.3 Å². The first kappa shape index (κ1) is 26.3. The van der Waals surface area contributed by atoms with Gasteiger partial charge in [-0.2, -0.15) is 4.98 Å². The first-order valence-corrected chi connectivity index (χ1v) is 11.8. The summed E-state index contributed by atoms with van der Waals surface area (Å²) in [4.78, 5) is 25.1. The van der Waals surface area contributed by atoms with Gasteiger partial charge in [-0.15, -0.1) is 0 Å². The Kier molecular flexibility index (Phi) is 8.62. The third kappa shape index (κ3) is 6.71. The lowest BCUT2D eigenvalue weighted by Crippen LogP contribution is -2.28. The summed E-state index contributed by atoms with van der Waals surface area (Å²) in [7, 11) is 4.66. The van der Waals surface area contributed by atoms with Crippen LogP contribution in [0.25, 0.3) is 0 Å². The Morgan fingerprint density at radius 1 is 0.895 bits per heavy atom. The third-order valence-corrected chi connectivity index (χ3v) is 5.55. The summed E-state index contributed by atoms with van der Waals surface area (Å²) in [6.07, 6.45) is 4.85. The summed E-state index contributed by atoms with van der Waals surface area (Å²) in [6.45, 7) is 0.351. The zero-order chi connectivity index (χ0) is 26.9. The van der Waals surface area contributed by atoms with Crippen molar-refractivity contribution in [3.63, 3.8) is 0 Å². The number of rotatable bonds is 10. The number of hydrogen-bond acceptors (Lipinski definition) is 9. The molecular weight excluding hydrogens is 510 g/mol. The summed E-state index contributed by atoms with van der Waals surface area (Å²) >= 11 is 6.33. The third-order valence-electron chi connectivity index (χ3n) is 5.27. The van der Waals surface area contributed by atoms with Crippen LogP contribution in [0.3, 0.4) is 0 Å². The molecule has 38 heavy (non-hydrogen) atoms. The lowest BCUT2D eigenvalue weighted by molar-refractivity contribution is 0.251. The number of anilines is 5. The second-order valence-electron chi connectivity index (χ2n) is 7.79. The van der Waals surface area contributed by atoms with Gasteiger partial charge >= 0.3 is 6.03 Å². The standard InChI is InChI=1S/C26H26ClN7O4/c1-36-21-9-7-17(12-23(21)38-3)31-24-19(27)15-29-25(34-24)33-20-8-6-18(11-22(20)37-2)32-26(35)30-14-16-5-4-10-28-13-16/h4-13,15H,14H2,1-3H3,(H2,30,32,35)(H2,29,31,33,34). The van der Waals surface area contributed by atoms with Crippen molar-refractivity contribution in [1.29, 1.82) is 0 Å². The zero-order valence-electron chi connectivity index (χ0n) is 20.9. The SMILES string of the molecule is COc1cc(NC(=O)NCc2cccnc2)ccc1Nc1ncc(Cl)c(Nc2ccc(OC)c(OC)c2)n1. The van der Waals surface area contributed by atoms with Crippen LogP contribution < -0.4 is 35.5 Å². The number of hydrogen-bond donors (Lipinski definition) is 4. The smallest absolute Gasteiger partial charge is 0.319 e. The van der Waals surface area contributed by atoms with E-state index in [1.807, 2.05) is 18.2 Å². The zero-order valence-corrected chi connectivity index (χ0v) is 21.7. The van der Waals surface area contributed by atoms with E-state index < -0.39 is 0 Å². The van der Waals surface area contributed by atoms with Gasteiger partial charge in [0, 0.05) is 42.4 Å². The van der Waals surface area contributed by atoms with Crippen molar-refractivity contribution < 1.29 is 19.0 Å². The number of carbonyl (C=O) groups is 1. The van der Waals surface area contributed by atoms with E-state index in [1.165, 1.54) is 13.3 Å². The fourth-order valence-electron chi connectivity index (χ4n) is 3.42. The molecule has 4 N–H and O–H groups in total. The molecule has 0 atom stereocenters. The number of aromatic nitrogens is 3. The average molecular weight is 536 g/mol. The van der Waals surface area contributed by atoms with Crippen molar-refractivity contribution >= 4 is 46.5 Å². The molecule has 4 aromatic rings. The molecule has 0 radical (unpaired) electrons. The van der Waals surface area contributed by atoms with Crippen LogP contribution in [0, 0.1) is 0 Å². The molecule has 4 rings (SSSR count). The Labute approximate surface area is 224 Å². The topological polar surface area (TPSA) is 132 Å². The number of halogens is 1. The number of benzene rings is 2. The maximum absolute atomic E-state index is 12.3. The van der Waals surface area contributed by atoms with E-state index in [9.17, 15) is 4.79 Å². The van der Waals surface area contributed by atoms with Crippen LogP contribution in [0.15, 0.2) is 67.1 Å². The lowest BCUT2D eigenvalue weighted by atomic mass is 10.2. The predicted octanol–water partition coefficient (Wildman–Crippen LogP) is 5.36. The summed E-state index contributed by atoms with van der Waals surface area (Å²) < 4.78 is 16.1. The van der Waals surface area contributed by atoms with E-state index in [4.69, 9.17) is 25.8 Å². The number of carbonyl (C=O) groups excluding carboxylic acids is 1. The fourth-order valence-corrected chi connectivity index (χ4v) is 3.56. The molecule has 0 aliphatic heterocycles. The minimum atomic E-state index is -0.358. The molecule has 0 spiro atoms. The molecule has 11 nitrogen and oxygen atoms in total. The molecule has 2 heterocycles. The molecule has 0 saturated carbocycles. The van der Waals surface area contributed by atoms with E-state index in [0.717, 1.165) is 5.56 Å². The largest absolute Gasteiger partial charge is 0.494 e. The molecule has 2 aromatic carbocycles. The second-order valence-corrected chi connectivity index (χ2v) is 8.20. The molecule has 0 fully saturated rings. The predicted molar refractivity (Wildman–Crippen MR) is 146 cm³/mol. The molecule has 0 saturated heterocycles. The Balaban J connectivity index is 1.44. The number of amides is 2. The van der Waals surface area contributed by atoms with Crippen LogP contribution in [0.4, 0.5) is 33.6 Å². The van der Waals surface area contributed by atoms with Gasteiger partial charge in [0.1, 0.15) is 10.8 Å². The van der Waals surface area contributed by atoms with Crippen LogP contribution in [-0.2, 0) is 6.54 Å². The average Bonchev–Trinajstić information content (AvgIpc) is 2.95. The quantitative estimate of drug-likeness (QED) is 0.212. The highest BCUT2D eigenvalue weighted by Crippen LogP contribution is 2.33. The van der Waals surface area contributed by atoms with Gasteiger partial charge in [-0.3, -0.25) is 4.98 Å². The van der Waals surface area contributed by atoms with Crippen LogP contribution >= 0.6 is 11.6 Å². The minimum absolute atomic E-state index is 0.283. The van der Waals surface area contributed by atoms with Gasteiger partial charge in [0.05, 0.1) is 33.2 Å². The van der Waals surface area contributed by atoms with Crippen molar-refractivity contribution in [1.82, 2.24) is 20.3 Å². The summed E-state index contributed by atoms with van der Waals surface area (Å²) in [5.41, 5.74) is 2.73. The first-order valence-electron chi connectivity index (χ1n) is 11.4. The van der Waals surface area contributed by atoms with E-state index >= 15 is 0 Å². The number of ether oxygens (including phenoxy) is 3. The first-order chi connectivity index (χ1) is 18.5. The molecule has 0 aliphatic rings. The highest BCUT2D eigenvalue weighted by Gasteiger charge is 2.12. The van der Waals surface area contributed by atoms with Crippen molar-refractivity contribution in [3.8, 4) is 17.2 Å². The molecule has 12 heteroatoms. The molecule has 2 amide bonds. The number of methoxy groups -OCH3 is 3. The number of nitrogens with zero attached hydrogens (tertiary/aromatic N) is 3. The van der Waals surface area contributed by atoms with E-state index in [2.05, 4.69) is 36.2 Å². The second kappa shape index (κ2) is 12.5. The van der Waals surface area contributed by atoms with Crippen molar-refractivity contribution in [2.45, 2.75) is 6.54 Å². The number of nitrogens with one attached hydrogen (secondary N) is 4. The molecule has 2 aromatic heterocycles. The van der Waals surface area contributed by atoms with E-state index in [-0.39, 0.29) is 12.0 Å². The highest BCUT2D eigenvalue weighted by molar-refractivity contribution is 6.32. The van der Waals surface area contributed by atoms with Gasteiger partial charge in [0.15, 0.2) is 17.3 Å². The highest BCUT2D eigenvalue weighted by atomic mass is 35.5. The van der Waals surface area contributed by atoms with Crippen LogP contribution in [0.2, 0.25) is 5.02 Å². The fraction of sp³-hybridized carbons (Fsp3) is 0.154. The molecule has 0 aliphatic carbocycles. The van der Waals surface area contributed by atoms with Crippen LogP contribution in [-0.4, -0.2) is 42.3 Å². The maximum Gasteiger partial charge on any atom is 0.319 e. The lowest BCUT2D eigenvalue weighted by Gasteiger charge is -2.14. The summed E-state index contributed by atoms with van der Waals surface area (Å²) in [5, 5.41) is 12.2. The van der Waals surface area contributed by atoms with Gasteiger partial charge in [-0.1, -0.05) is 17.7 Å². The van der Waals surface area contributed by atoms with Crippen molar-refractivity contribution in [2.24, 2.45) is 0 Å². The Morgan fingerprint density at radius 2 is 1.66 bits per heavy atom. The maximum atomic E-state index is 12.3. The van der Waals surface area contributed by atoms with Gasteiger partial charge in [-0.25, -0.2) is 9.78 Å². The van der Waals surface area contributed by atoms with Crippen LogP contribution in [0.1, 0.15) is 5.56 Å². The Bertz CT molecular complexity index is 1410. The summed E-state index contributed by atoms with van der Waals surface area (Å²) in [5.74, 6) is 2.31. The van der Waals surface area contributed by atoms with Gasteiger partial charge in [0.2, 0.25) is 5.95 Å². The molecule has 0 bridgehead atoms. The minimum Gasteiger partial charge on any atom is -0.494 e. The molecular formula is C26H26ClN7O4. The van der Waals surface area contributed by atoms with Crippen LogP contribution in [0.5, 0.6) is 17.2 Å². The molecule has 196 valence electrons. The normalized spacial score (nSPS) is 10.3. The summed E-state index contributed by atoms with van der Waals surface area (Å²) in [6, 6.07) is 13.8.